The van der Waals surface area contributed by atoms with Gasteiger partial charge >= 0.3 is 0 Å². The number of nitrogens with zero attached hydrogens (tertiary/aromatic N) is 1. The molecule has 1 aliphatic rings. The first-order valence-corrected chi connectivity index (χ1v) is 6.43. The van der Waals surface area contributed by atoms with Crippen LogP contribution in [0.2, 0.25) is 0 Å². The molecule has 1 heterocycles. The molecular formula is C14H21N3O. The molecule has 4 nitrogen and oxygen atoms in total. The molecule has 1 aromatic carbocycles. The zero-order valence-electron chi connectivity index (χ0n) is 11.1. The lowest BCUT2D eigenvalue weighted by Crippen LogP contribution is -2.45. The number of para-hydroxylation sites is 2. The van der Waals surface area contributed by atoms with Crippen LogP contribution >= 0.6 is 0 Å². The van der Waals surface area contributed by atoms with Crippen LogP contribution in [0.4, 0.5) is 11.4 Å². The smallest absolute Gasteiger partial charge is 0.243 e. The fourth-order valence-corrected chi connectivity index (χ4v) is 2.10. The minimum Gasteiger partial charge on any atom is -0.370 e. The van der Waals surface area contributed by atoms with Gasteiger partial charge in [0.2, 0.25) is 5.91 Å². The fraction of sp³-hybridized carbons (Fsp3) is 0.500. The molecule has 1 fully saturated rings. The summed E-state index contributed by atoms with van der Waals surface area (Å²) in [5, 5.41) is 2.92. The average molecular weight is 247 g/mol. The van der Waals surface area contributed by atoms with E-state index in [1.165, 1.54) is 12.8 Å². The van der Waals surface area contributed by atoms with Crippen molar-refractivity contribution < 1.29 is 4.79 Å². The highest BCUT2D eigenvalue weighted by atomic mass is 16.2. The van der Waals surface area contributed by atoms with E-state index in [0.29, 0.717) is 0 Å². The molecule has 0 spiro atoms. The first-order chi connectivity index (χ1) is 8.48. The quantitative estimate of drug-likeness (QED) is 0.858. The van der Waals surface area contributed by atoms with E-state index in [-0.39, 0.29) is 5.91 Å². The van der Waals surface area contributed by atoms with Crippen LogP contribution in [0.3, 0.4) is 0 Å². The van der Waals surface area contributed by atoms with Crippen molar-refractivity contribution in [1.29, 1.82) is 0 Å². The molecule has 0 aliphatic carbocycles. The van der Waals surface area contributed by atoms with E-state index in [9.17, 15) is 4.79 Å². The molecule has 0 unspecified atom stereocenters. The number of nitrogens with two attached hydrogens (primary N) is 1. The molecule has 98 valence electrons. The largest absolute Gasteiger partial charge is 0.370 e. The summed E-state index contributed by atoms with van der Waals surface area (Å²) in [6, 6.07) is 7.90. The zero-order valence-corrected chi connectivity index (χ0v) is 11.1. The molecule has 1 saturated heterocycles. The zero-order chi connectivity index (χ0) is 13.2. The number of carbonyl (C=O) groups is 1. The maximum atomic E-state index is 11.9. The lowest BCUT2D eigenvalue weighted by Gasteiger charge is -2.24. The molecule has 0 radical (unpaired) electrons. The molecule has 0 atom stereocenters. The van der Waals surface area contributed by atoms with Crippen molar-refractivity contribution in [3.63, 3.8) is 0 Å². The maximum Gasteiger partial charge on any atom is 0.243 e. The van der Waals surface area contributed by atoms with E-state index < -0.39 is 5.54 Å². The van der Waals surface area contributed by atoms with Gasteiger partial charge < -0.3 is 16.0 Å². The topological polar surface area (TPSA) is 58.4 Å². The van der Waals surface area contributed by atoms with Gasteiger partial charge in [0.15, 0.2) is 0 Å². The molecule has 3 N–H and O–H groups in total. The van der Waals surface area contributed by atoms with Crippen LogP contribution < -0.4 is 16.0 Å². The number of rotatable bonds is 3. The van der Waals surface area contributed by atoms with E-state index in [0.717, 1.165) is 24.5 Å². The third-order valence-corrected chi connectivity index (χ3v) is 3.18. The third kappa shape index (κ3) is 2.82. The standard InChI is InChI=1S/C14H21N3O/c1-14(2,15)13(18)16-11-7-3-4-8-12(11)17-9-5-6-10-17/h3-4,7-8H,5-6,9-10,15H2,1-2H3,(H,16,18). The van der Waals surface area contributed by atoms with Gasteiger partial charge in [-0.15, -0.1) is 0 Å². The SMILES string of the molecule is CC(C)(N)C(=O)Nc1ccccc1N1CCCC1. The van der Waals surface area contributed by atoms with Crippen LogP contribution in [-0.4, -0.2) is 24.5 Å². The fourth-order valence-electron chi connectivity index (χ4n) is 2.10. The molecule has 18 heavy (non-hydrogen) atoms. The average Bonchev–Trinajstić information content (AvgIpc) is 2.82. The number of nitrogens with one attached hydrogen (secondary N) is 1. The first kappa shape index (κ1) is 12.9. The number of amides is 1. The van der Waals surface area contributed by atoms with Crippen LogP contribution in [0, 0.1) is 0 Å². The molecule has 2 rings (SSSR count). The Morgan fingerprint density at radius 2 is 1.89 bits per heavy atom. The Labute approximate surface area is 108 Å². The van der Waals surface area contributed by atoms with Crippen molar-refractivity contribution in [3.05, 3.63) is 24.3 Å². The van der Waals surface area contributed by atoms with Crippen LogP contribution in [0.25, 0.3) is 0 Å². The van der Waals surface area contributed by atoms with Crippen LogP contribution in [0.5, 0.6) is 0 Å². The van der Waals surface area contributed by atoms with E-state index in [4.69, 9.17) is 5.73 Å². The summed E-state index contributed by atoms with van der Waals surface area (Å²) in [5.41, 5.74) is 6.88. The van der Waals surface area contributed by atoms with Gasteiger partial charge in [-0.05, 0) is 38.8 Å². The number of hydrogen-bond acceptors (Lipinski definition) is 3. The Hall–Kier alpha value is -1.55. The van der Waals surface area contributed by atoms with Gasteiger partial charge in [-0.3, -0.25) is 4.79 Å². The Morgan fingerprint density at radius 3 is 2.50 bits per heavy atom. The van der Waals surface area contributed by atoms with Crippen LogP contribution in [0.1, 0.15) is 26.7 Å². The summed E-state index contributed by atoms with van der Waals surface area (Å²) in [6.07, 6.45) is 2.43. The van der Waals surface area contributed by atoms with Crippen molar-refractivity contribution in [2.24, 2.45) is 5.73 Å². The van der Waals surface area contributed by atoms with Gasteiger partial charge in [0.05, 0.1) is 16.9 Å². The third-order valence-electron chi connectivity index (χ3n) is 3.18. The highest BCUT2D eigenvalue weighted by molar-refractivity contribution is 5.99. The van der Waals surface area contributed by atoms with Crippen molar-refractivity contribution in [2.45, 2.75) is 32.2 Å². The second-order valence-electron chi connectivity index (χ2n) is 5.39. The van der Waals surface area contributed by atoms with Gasteiger partial charge in [0.25, 0.3) is 0 Å². The van der Waals surface area contributed by atoms with E-state index in [1.807, 2.05) is 24.3 Å². The Kier molecular flexibility index (Phi) is 3.57. The molecule has 0 bridgehead atoms. The second kappa shape index (κ2) is 4.98. The van der Waals surface area contributed by atoms with Crippen molar-refractivity contribution >= 4 is 17.3 Å². The van der Waals surface area contributed by atoms with Gasteiger partial charge in [-0.2, -0.15) is 0 Å². The maximum absolute atomic E-state index is 11.9. The Bertz CT molecular complexity index is 431. The summed E-state index contributed by atoms with van der Waals surface area (Å²) in [6.45, 7) is 5.53. The van der Waals surface area contributed by atoms with E-state index in [2.05, 4.69) is 10.2 Å². The van der Waals surface area contributed by atoms with Crippen molar-refractivity contribution in [1.82, 2.24) is 0 Å². The molecular weight excluding hydrogens is 226 g/mol. The minimum absolute atomic E-state index is 0.158. The monoisotopic (exact) mass is 247 g/mol. The van der Waals surface area contributed by atoms with Crippen molar-refractivity contribution in [2.75, 3.05) is 23.3 Å². The van der Waals surface area contributed by atoms with Crippen LogP contribution in [-0.2, 0) is 4.79 Å². The van der Waals surface area contributed by atoms with E-state index >= 15 is 0 Å². The summed E-state index contributed by atoms with van der Waals surface area (Å²) >= 11 is 0. The highest BCUT2D eigenvalue weighted by Gasteiger charge is 2.23. The normalized spacial score (nSPS) is 15.8. The summed E-state index contributed by atoms with van der Waals surface area (Å²) in [7, 11) is 0. The van der Waals surface area contributed by atoms with Crippen molar-refractivity contribution in [3.8, 4) is 0 Å². The predicted octanol–water partition coefficient (Wildman–Crippen LogP) is 1.96. The van der Waals surface area contributed by atoms with Gasteiger partial charge in [0, 0.05) is 13.1 Å². The predicted molar refractivity (Wildman–Crippen MR) is 74.8 cm³/mol. The lowest BCUT2D eigenvalue weighted by atomic mass is 10.1. The van der Waals surface area contributed by atoms with Crippen LogP contribution in [0.15, 0.2) is 24.3 Å². The molecule has 1 amide bonds. The summed E-state index contributed by atoms with van der Waals surface area (Å²) in [5.74, 6) is -0.158. The molecule has 0 aromatic heterocycles. The number of anilines is 2. The number of carbonyl (C=O) groups excluding carboxylic acids is 1. The second-order valence-corrected chi connectivity index (χ2v) is 5.39. The first-order valence-electron chi connectivity index (χ1n) is 6.43. The minimum atomic E-state index is -0.863. The van der Waals surface area contributed by atoms with Gasteiger partial charge in [-0.1, -0.05) is 12.1 Å². The Balaban J connectivity index is 2.20. The molecule has 4 heteroatoms. The highest BCUT2D eigenvalue weighted by Crippen LogP contribution is 2.28. The number of benzene rings is 1. The molecule has 1 aliphatic heterocycles. The van der Waals surface area contributed by atoms with Gasteiger partial charge in [0.1, 0.15) is 0 Å². The Morgan fingerprint density at radius 1 is 1.28 bits per heavy atom. The summed E-state index contributed by atoms with van der Waals surface area (Å²) in [4.78, 5) is 14.3. The molecule has 1 aromatic rings. The number of hydrogen-bond donors (Lipinski definition) is 2. The summed E-state index contributed by atoms with van der Waals surface area (Å²) < 4.78 is 0. The molecule has 0 saturated carbocycles. The van der Waals surface area contributed by atoms with Gasteiger partial charge in [-0.25, -0.2) is 0 Å². The van der Waals surface area contributed by atoms with E-state index in [1.54, 1.807) is 13.8 Å². The lowest BCUT2D eigenvalue weighted by molar-refractivity contribution is -0.120.